The lowest BCUT2D eigenvalue weighted by atomic mass is 10.0. The number of esters is 1. The van der Waals surface area contributed by atoms with Crippen LogP contribution in [0.5, 0.6) is 5.75 Å². The number of halogens is 1. The number of hydrogen-bond acceptors (Lipinski definition) is 6. The molecule has 0 saturated carbocycles. The van der Waals surface area contributed by atoms with Gasteiger partial charge in [-0.15, -0.1) is 0 Å². The number of rotatable bonds is 8. The van der Waals surface area contributed by atoms with Crippen molar-refractivity contribution in [1.29, 1.82) is 0 Å². The van der Waals surface area contributed by atoms with Crippen molar-refractivity contribution in [3.05, 3.63) is 28.2 Å². The number of carbonyl (C=O) groups excluding carboxylic acids is 1. The number of ether oxygens (including phenoxy) is 3. The van der Waals surface area contributed by atoms with Crippen molar-refractivity contribution in [2.24, 2.45) is 5.16 Å². The Bertz CT molecular complexity index is 713. The molecule has 7 heteroatoms. The van der Waals surface area contributed by atoms with Gasteiger partial charge in [-0.25, -0.2) is 4.79 Å². The van der Waals surface area contributed by atoms with Crippen LogP contribution in [0, 0.1) is 0 Å². The maximum absolute atomic E-state index is 12.3. The number of hydrogen-bond donors (Lipinski definition) is 0. The van der Waals surface area contributed by atoms with E-state index in [1.54, 1.807) is 13.0 Å². The molecular weight excluding hydrogens is 426 g/mol. The van der Waals surface area contributed by atoms with Crippen LogP contribution in [-0.2, 0) is 19.1 Å². The summed E-state index contributed by atoms with van der Waals surface area (Å²) in [5, 5.41) is 4.24. The van der Waals surface area contributed by atoms with Crippen LogP contribution in [0.25, 0.3) is 0 Å². The molecule has 0 fully saturated rings. The second-order valence-electron chi connectivity index (χ2n) is 7.87. The van der Waals surface area contributed by atoms with Gasteiger partial charge in [0.05, 0.1) is 0 Å². The van der Waals surface area contributed by atoms with Crippen LogP contribution < -0.4 is 4.74 Å². The third-order valence-electron chi connectivity index (χ3n) is 4.07. The average Bonchev–Trinajstić information content (AvgIpc) is 2.96. The van der Waals surface area contributed by atoms with Crippen LogP contribution in [0.3, 0.4) is 0 Å². The van der Waals surface area contributed by atoms with Gasteiger partial charge in [-0.05, 0) is 59.2 Å². The maximum Gasteiger partial charge on any atom is 0.347 e. The zero-order chi connectivity index (χ0) is 20.9. The molecule has 0 radical (unpaired) electrons. The number of carbonyl (C=O) groups is 1. The zero-order valence-corrected chi connectivity index (χ0v) is 19.0. The summed E-state index contributed by atoms with van der Waals surface area (Å²) in [6, 6.07) is 5.55. The fourth-order valence-electron chi connectivity index (χ4n) is 2.67. The minimum atomic E-state index is -0.765. The van der Waals surface area contributed by atoms with E-state index in [2.05, 4.69) is 28.0 Å². The highest BCUT2D eigenvalue weighted by molar-refractivity contribution is 9.10. The lowest BCUT2D eigenvalue weighted by Crippen LogP contribution is -2.34. The minimum absolute atomic E-state index is 0.193. The maximum atomic E-state index is 12.3. The Labute approximate surface area is 175 Å². The summed E-state index contributed by atoms with van der Waals surface area (Å²) < 4.78 is 18.2. The van der Waals surface area contributed by atoms with Crippen LogP contribution >= 0.6 is 15.9 Å². The van der Waals surface area contributed by atoms with Gasteiger partial charge in [0.1, 0.15) is 23.2 Å². The molecule has 6 nitrogen and oxygen atoms in total. The quantitative estimate of drug-likeness (QED) is 0.413. The van der Waals surface area contributed by atoms with Crippen LogP contribution in [0.1, 0.15) is 59.9 Å². The lowest BCUT2D eigenvalue weighted by Gasteiger charge is -2.24. The topological polar surface area (TPSA) is 66.4 Å². The molecule has 1 heterocycles. The molecule has 156 valence electrons. The molecule has 2 rings (SSSR count). The fraction of sp³-hybridized carbons (Fsp3) is 0.619. The van der Waals surface area contributed by atoms with Crippen molar-refractivity contribution in [2.75, 3.05) is 6.61 Å². The molecule has 0 spiro atoms. The van der Waals surface area contributed by atoms with Gasteiger partial charge < -0.3 is 19.0 Å². The van der Waals surface area contributed by atoms with Gasteiger partial charge in [-0.3, -0.25) is 0 Å². The highest BCUT2D eigenvalue weighted by Gasteiger charge is 2.35. The summed E-state index contributed by atoms with van der Waals surface area (Å²) >= 11 is 3.49. The number of oxime groups is 1. The second kappa shape index (κ2) is 9.74. The van der Waals surface area contributed by atoms with E-state index >= 15 is 0 Å². The Morgan fingerprint density at radius 2 is 2.07 bits per heavy atom. The van der Waals surface area contributed by atoms with Gasteiger partial charge in [0, 0.05) is 16.6 Å². The first-order valence-electron chi connectivity index (χ1n) is 9.67. The molecule has 0 N–H and O–H groups in total. The molecule has 0 saturated heterocycles. The van der Waals surface area contributed by atoms with E-state index in [0.717, 1.165) is 22.9 Å². The van der Waals surface area contributed by atoms with E-state index < -0.39 is 17.7 Å². The molecule has 2 unspecified atom stereocenters. The Hall–Kier alpha value is -1.60. The zero-order valence-electron chi connectivity index (χ0n) is 17.5. The van der Waals surface area contributed by atoms with Gasteiger partial charge >= 0.3 is 5.97 Å². The number of nitrogens with zero attached hydrogens (tertiary/aromatic N) is 1. The Morgan fingerprint density at radius 1 is 1.36 bits per heavy atom. The molecule has 1 aromatic carbocycles. The molecule has 0 aromatic heterocycles. The predicted molar refractivity (Wildman–Crippen MR) is 112 cm³/mol. The first-order valence-corrected chi connectivity index (χ1v) is 10.5. The van der Waals surface area contributed by atoms with Crippen molar-refractivity contribution in [1.82, 2.24) is 0 Å². The molecular formula is C21H30BrNO5. The molecule has 1 aromatic rings. The molecule has 0 amide bonds. The standard InChI is InChI=1S/C21H30BrNO5/c1-7-8-11-25-19-13(2)28-23-18(19)16-12-15(22)9-10-17(16)26-14(3)20(24)27-21(4,5)6/h9-10,12-14,19H,7-8,11H2,1-6H3/t13?,14-,19?/m0/s1. The molecule has 1 aliphatic heterocycles. The predicted octanol–water partition coefficient (Wildman–Crippen LogP) is 4.87. The molecule has 28 heavy (non-hydrogen) atoms. The van der Waals surface area contributed by atoms with Crippen molar-refractivity contribution < 1.29 is 23.8 Å². The van der Waals surface area contributed by atoms with E-state index in [1.165, 1.54) is 0 Å². The molecule has 0 bridgehead atoms. The summed E-state index contributed by atoms with van der Waals surface area (Å²) in [5.74, 6) is 0.109. The van der Waals surface area contributed by atoms with Crippen molar-refractivity contribution in [2.45, 2.75) is 78.3 Å². The van der Waals surface area contributed by atoms with Gasteiger partial charge in [0.2, 0.25) is 0 Å². The monoisotopic (exact) mass is 455 g/mol. The summed E-state index contributed by atoms with van der Waals surface area (Å²) in [6.07, 6.45) is 0.766. The normalized spacial score (nSPS) is 20.3. The minimum Gasteiger partial charge on any atom is -0.478 e. The van der Waals surface area contributed by atoms with Crippen LogP contribution in [-0.4, -0.2) is 42.2 Å². The smallest absolute Gasteiger partial charge is 0.347 e. The molecule has 1 aliphatic rings. The van der Waals surface area contributed by atoms with E-state index in [-0.39, 0.29) is 12.2 Å². The number of benzene rings is 1. The van der Waals surface area contributed by atoms with Crippen LogP contribution in [0.4, 0.5) is 0 Å². The van der Waals surface area contributed by atoms with E-state index in [9.17, 15) is 4.79 Å². The Balaban J connectivity index is 2.23. The van der Waals surface area contributed by atoms with Crippen molar-refractivity contribution >= 4 is 27.6 Å². The van der Waals surface area contributed by atoms with E-state index in [4.69, 9.17) is 19.0 Å². The van der Waals surface area contributed by atoms with Crippen molar-refractivity contribution in [3.63, 3.8) is 0 Å². The van der Waals surface area contributed by atoms with Gasteiger partial charge in [0.15, 0.2) is 12.2 Å². The van der Waals surface area contributed by atoms with Gasteiger partial charge in [0.25, 0.3) is 0 Å². The summed E-state index contributed by atoms with van der Waals surface area (Å²) in [6.45, 7) is 11.8. The highest BCUT2D eigenvalue weighted by Crippen LogP contribution is 2.30. The van der Waals surface area contributed by atoms with Crippen LogP contribution in [0.15, 0.2) is 27.8 Å². The van der Waals surface area contributed by atoms with E-state index in [1.807, 2.05) is 39.8 Å². The Morgan fingerprint density at radius 3 is 2.71 bits per heavy atom. The third kappa shape index (κ3) is 6.21. The molecule has 0 aliphatic carbocycles. The highest BCUT2D eigenvalue weighted by atomic mass is 79.9. The number of unbranched alkanes of at least 4 members (excludes halogenated alkanes) is 1. The summed E-state index contributed by atoms with van der Waals surface area (Å²) in [4.78, 5) is 17.8. The Kier molecular flexibility index (Phi) is 7.89. The van der Waals surface area contributed by atoms with Crippen LogP contribution in [0.2, 0.25) is 0 Å². The fourth-order valence-corrected chi connectivity index (χ4v) is 3.03. The first kappa shape index (κ1) is 22.7. The largest absolute Gasteiger partial charge is 0.478 e. The summed E-state index contributed by atoms with van der Waals surface area (Å²) in [5.41, 5.74) is 0.820. The van der Waals surface area contributed by atoms with Gasteiger partial charge in [-0.1, -0.05) is 34.4 Å². The second-order valence-corrected chi connectivity index (χ2v) is 8.78. The van der Waals surface area contributed by atoms with E-state index in [0.29, 0.717) is 18.1 Å². The average molecular weight is 456 g/mol. The lowest BCUT2D eigenvalue weighted by molar-refractivity contribution is -0.162. The van der Waals surface area contributed by atoms with Gasteiger partial charge in [-0.2, -0.15) is 0 Å². The molecule has 3 atom stereocenters. The SMILES string of the molecule is CCCCOC1C(c2cc(Br)ccc2O[C@@H](C)C(=O)OC(C)(C)C)=NOC1C. The first-order chi connectivity index (χ1) is 13.1. The third-order valence-corrected chi connectivity index (χ3v) is 4.56. The summed E-state index contributed by atoms with van der Waals surface area (Å²) in [7, 11) is 0. The van der Waals surface area contributed by atoms with Crippen molar-refractivity contribution in [3.8, 4) is 5.75 Å².